The molecule has 0 aromatic heterocycles. The van der Waals surface area contributed by atoms with Gasteiger partial charge in [-0.15, -0.1) is 0 Å². The van der Waals surface area contributed by atoms with Crippen LogP contribution in [0.2, 0.25) is 0 Å². The first-order valence-electron chi connectivity index (χ1n) is 9.48. The normalized spacial score (nSPS) is 9.71. The van der Waals surface area contributed by atoms with Gasteiger partial charge in [-0.05, 0) is 37.1 Å². The van der Waals surface area contributed by atoms with Crippen molar-refractivity contribution >= 4 is 0 Å². The van der Waals surface area contributed by atoms with E-state index >= 15 is 0 Å². The third kappa shape index (κ3) is 15.1. The maximum Gasteiger partial charge on any atom is 0.115 e. The number of phenolic OH excluding ortho intramolecular Hbond substituents is 1. The van der Waals surface area contributed by atoms with Crippen LogP contribution in [0.4, 0.5) is 0 Å². The summed E-state index contributed by atoms with van der Waals surface area (Å²) >= 11 is 0. The molecule has 28 heavy (non-hydrogen) atoms. The van der Waals surface area contributed by atoms with Gasteiger partial charge in [-0.3, -0.25) is 0 Å². The van der Waals surface area contributed by atoms with Gasteiger partial charge in [0.15, 0.2) is 0 Å². The van der Waals surface area contributed by atoms with E-state index in [2.05, 4.69) is 0 Å². The third-order valence-electron chi connectivity index (χ3n) is 3.23. The second kappa shape index (κ2) is 19.8. The average molecular weight is 395 g/mol. The predicted octanol–water partition coefficient (Wildman–Crippen LogP) is 3.11. The van der Waals surface area contributed by atoms with Crippen LogP contribution < -0.4 is 0 Å². The van der Waals surface area contributed by atoms with Crippen molar-refractivity contribution in [3.05, 3.63) is 54.6 Å². The van der Waals surface area contributed by atoms with Crippen LogP contribution in [-0.4, -0.2) is 68.2 Å². The number of aliphatic hydroxyl groups is 2. The number of aliphatic hydroxyl groups excluding tert-OH is 2. The van der Waals surface area contributed by atoms with Crippen molar-refractivity contribution in [1.29, 1.82) is 0 Å². The highest BCUT2D eigenvalue weighted by molar-refractivity contribution is 5.63. The van der Waals surface area contributed by atoms with Gasteiger partial charge in [-0.2, -0.15) is 0 Å². The molecule has 0 aliphatic heterocycles. The molecule has 0 heterocycles. The van der Waals surface area contributed by atoms with Crippen molar-refractivity contribution in [2.45, 2.75) is 13.8 Å². The second-order valence-electron chi connectivity index (χ2n) is 5.37. The van der Waals surface area contributed by atoms with Gasteiger partial charge in [0.2, 0.25) is 0 Å². The molecule has 2 rings (SSSR count). The minimum Gasteiger partial charge on any atom is -0.508 e. The van der Waals surface area contributed by atoms with E-state index in [0.29, 0.717) is 32.2 Å². The smallest absolute Gasteiger partial charge is 0.115 e. The number of phenols is 1. The highest BCUT2D eigenvalue weighted by Gasteiger charge is 1.94. The summed E-state index contributed by atoms with van der Waals surface area (Å²) < 4.78 is 14.6. The van der Waals surface area contributed by atoms with Crippen LogP contribution in [0.15, 0.2) is 54.6 Å². The first-order chi connectivity index (χ1) is 13.7. The Morgan fingerprint density at radius 2 is 1.07 bits per heavy atom. The summed E-state index contributed by atoms with van der Waals surface area (Å²) in [5.41, 5.74) is 2.29. The fourth-order valence-corrected chi connectivity index (χ4v) is 1.94. The van der Waals surface area contributed by atoms with Crippen molar-refractivity contribution in [2.75, 3.05) is 52.9 Å². The molecule has 2 aromatic rings. The molecule has 0 fully saturated rings. The quantitative estimate of drug-likeness (QED) is 0.537. The van der Waals surface area contributed by atoms with Crippen LogP contribution in [0.5, 0.6) is 5.75 Å². The summed E-state index contributed by atoms with van der Waals surface area (Å²) in [6, 6.07) is 17.3. The molecule has 0 radical (unpaired) electrons. The lowest BCUT2D eigenvalue weighted by molar-refractivity contribution is 0.0222. The molecule has 6 heteroatoms. The standard InChI is InChI=1S/C12H10O.C6H14O4.C4H10O/c13-12-8-6-11(7-9-12)10-4-2-1-3-5-10;7-1-3-9-5-6-10-4-2-8;1-3-5-4-2/h1-9,13H;7-8H,1-6H2;3-4H2,1-2H3. The van der Waals surface area contributed by atoms with Gasteiger partial charge in [0.05, 0.1) is 39.6 Å². The molecule has 0 atom stereocenters. The molecule has 0 spiro atoms. The maximum absolute atomic E-state index is 9.10. The number of benzene rings is 2. The number of aromatic hydroxyl groups is 1. The van der Waals surface area contributed by atoms with E-state index in [9.17, 15) is 0 Å². The van der Waals surface area contributed by atoms with Gasteiger partial charge in [0, 0.05) is 13.2 Å². The first kappa shape index (κ1) is 26.0. The van der Waals surface area contributed by atoms with Crippen molar-refractivity contribution in [2.24, 2.45) is 0 Å². The van der Waals surface area contributed by atoms with Crippen LogP contribution in [0, 0.1) is 0 Å². The average Bonchev–Trinajstić information content (AvgIpc) is 2.73. The molecule has 2 aromatic carbocycles. The molecule has 3 N–H and O–H groups in total. The summed E-state index contributed by atoms with van der Waals surface area (Å²) in [5.74, 6) is 0.305. The highest BCUT2D eigenvalue weighted by atomic mass is 16.5. The minimum absolute atomic E-state index is 0.0417. The Kier molecular flexibility index (Phi) is 18.4. The van der Waals surface area contributed by atoms with Crippen LogP contribution in [-0.2, 0) is 14.2 Å². The van der Waals surface area contributed by atoms with Crippen molar-refractivity contribution in [3.8, 4) is 16.9 Å². The van der Waals surface area contributed by atoms with Crippen LogP contribution in [0.3, 0.4) is 0 Å². The van der Waals surface area contributed by atoms with E-state index in [1.807, 2.05) is 56.3 Å². The molecule has 0 amide bonds. The Morgan fingerprint density at radius 3 is 1.46 bits per heavy atom. The lowest BCUT2D eigenvalue weighted by Gasteiger charge is -2.01. The molecule has 0 unspecified atom stereocenters. The van der Waals surface area contributed by atoms with E-state index in [-0.39, 0.29) is 13.2 Å². The van der Waals surface area contributed by atoms with Crippen molar-refractivity contribution in [3.63, 3.8) is 0 Å². The minimum atomic E-state index is 0.0417. The Morgan fingerprint density at radius 1 is 0.607 bits per heavy atom. The lowest BCUT2D eigenvalue weighted by Crippen LogP contribution is -2.09. The number of hydrogen-bond acceptors (Lipinski definition) is 6. The number of rotatable bonds is 10. The molecule has 0 aliphatic carbocycles. The maximum atomic E-state index is 9.10. The Balaban J connectivity index is 0.000000434. The van der Waals surface area contributed by atoms with E-state index in [4.69, 9.17) is 29.5 Å². The van der Waals surface area contributed by atoms with E-state index < -0.39 is 0 Å². The highest BCUT2D eigenvalue weighted by Crippen LogP contribution is 2.20. The summed E-state index contributed by atoms with van der Waals surface area (Å²) in [6.45, 7) is 7.39. The Hall–Kier alpha value is -1.96. The zero-order valence-corrected chi connectivity index (χ0v) is 16.9. The van der Waals surface area contributed by atoms with Gasteiger partial charge in [-0.1, -0.05) is 42.5 Å². The Labute approximate surface area is 168 Å². The third-order valence-corrected chi connectivity index (χ3v) is 3.23. The van der Waals surface area contributed by atoms with Gasteiger partial charge >= 0.3 is 0 Å². The lowest BCUT2D eigenvalue weighted by atomic mass is 10.1. The molecular formula is C22H34O6. The zero-order valence-electron chi connectivity index (χ0n) is 16.9. The number of hydrogen-bond donors (Lipinski definition) is 3. The van der Waals surface area contributed by atoms with Crippen molar-refractivity contribution < 1.29 is 29.5 Å². The molecule has 0 saturated carbocycles. The van der Waals surface area contributed by atoms with Crippen LogP contribution in [0.25, 0.3) is 11.1 Å². The van der Waals surface area contributed by atoms with Gasteiger partial charge in [0.1, 0.15) is 5.75 Å². The zero-order chi connectivity index (χ0) is 20.9. The fraction of sp³-hybridized carbons (Fsp3) is 0.455. The monoisotopic (exact) mass is 394 g/mol. The molecular weight excluding hydrogens is 360 g/mol. The van der Waals surface area contributed by atoms with Gasteiger partial charge in [0.25, 0.3) is 0 Å². The summed E-state index contributed by atoms with van der Waals surface area (Å²) in [5, 5.41) is 25.6. The number of ether oxygens (including phenoxy) is 3. The van der Waals surface area contributed by atoms with E-state index in [1.54, 1.807) is 12.1 Å². The van der Waals surface area contributed by atoms with Crippen LogP contribution in [0.1, 0.15) is 13.8 Å². The predicted molar refractivity (Wildman–Crippen MR) is 112 cm³/mol. The van der Waals surface area contributed by atoms with Crippen LogP contribution >= 0.6 is 0 Å². The summed E-state index contributed by atoms with van der Waals surface area (Å²) in [4.78, 5) is 0. The van der Waals surface area contributed by atoms with Gasteiger partial charge in [-0.25, -0.2) is 0 Å². The molecule has 0 saturated heterocycles. The molecule has 0 bridgehead atoms. The van der Waals surface area contributed by atoms with E-state index in [1.165, 1.54) is 5.56 Å². The van der Waals surface area contributed by atoms with E-state index in [0.717, 1.165) is 18.8 Å². The Bertz CT molecular complexity index is 535. The fourth-order valence-electron chi connectivity index (χ4n) is 1.94. The molecule has 6 nitrogen and oxygen atoms in total. The summed E-state index contributed by atoms with van der Waals surface area (Å²) in [6.07, 6.45) is 0. The first-order valence-corrected chi connectivity index (χ1v) is 9.48. The summed E-state index contributed by atoms with van der Waals surface area (Å²) in [7, 11) is 0. The van der Waals surface area contributed by atoms with Crippen molar-refractivity contribution in [1.82, 2.24) is 0 Å². The molecule has 158 valence electrons. The topological polar surface area (TPSA) is 88.4 Å². The largest absolute Gasteiger partial charge is 0.508 e. The van der Waals surface area contributed by atoms with Gasteiger partial charge < -0.3 is 29.5 Å². The second-order valence-corrected chi connectivity index (χ2v) is 5.37. The SMILES string of the molecule is CCOCC.OCCOCCOCCO.Oc1ccc(-c2ccccc2)cc1. The molecule has 0 aliphatic rings.